The quantitative estimate of drug-likeness (QED) is 0.641. The van der Waals surface area contributed by atoms with Gasteiger partial charge in [0.05, 0.1) is 17.9 Å². The third-order valence-corrected chi connectivity index (χ3v) is 3.94. The largest absolute Gasteiger partial charge is 0.481 e. The van der Waals surface area contributed by atoms with Crippen molar-refractivity contribution in [3.63, 3.8) is 0 Å². The Labute approximate surface area is 87.7 Å². The zero-order valence-corrected chi connectivity index (χ0v) is 8.86. The number of hydrogen-bond donors (Lipinski definition) is 3. The summed E-state index contributed by atoms with van der Waals surface area (Å²) in [6.45, 7) is 2.69. The first-order valence-electron chi connectivity index (χ1n) is 4.86. The molecule has 0 aromatic heterocycles. The number of carboxylic acids is 2. The zero-order valence-electron chi connectivity index (χ0n) is 8.86. The Morgan fingerprint density at radius 2 is 1.87 bits per heavy atom. The molecular formula is C10H16O5. The topological polar surface area (TPSA) is 94.8 Å². The summed E-state index contributed by atoms with van der Waals surface area (Å²) in [7, 11) is 0. The summed E-state index contributed by atoms with van der Waals surface area (Å²) in [6, 6.07) is 0. The second-order valence-electron chi connectivity index (χ2n) is 4.70. The molecule has 86 valence electrons. The van der Waals surface area contributed by atoms with Crippen LogP contribution < -0.4 is 0 Å². The predicted octanol–water partition coefficient (Wildman–Crippen LogP) is 0.571. The summed E-state index contributed by atoms with van der Waals surface area (Å²) < 4.78 is 0. The number of rotatable bonds is 3. The van der Waals surface area contributed by atoms with Gasteiger partial charge in [0.15, 0.2) is 0 Å². The van der Waals surface area contributed by atoms with Crippen LogP contribution in [0.5, 0.6) is 0 Å². The van der Waals surface area contributed by atoms with Crippen molar-refractivity contribution in [2.24, 2.45) is 16.7 Å². The average molecular weight is 216 g/mol. The average Bonchev–Trinajstić information content (AvgIpc) is 2.37. The Bertz CT molecular complexity index is 296. The number of aliphatic carboxylic acids is 2. The van der Waals surface area contributed by atoms with Crippen molar-refractivity contribution in [2.45, 2.75) is 26.7 Å². The molecule has 5 nitrogen and oxygen atoms in total. The molecule has 0 radical (unpaired) electrons. The molecule has 1 saturated carbocycles. The molecule has 0 spiro atoms. The maximum absolute atomic E-state index is 11.2. The second kappa shape index (κ2) is 3.48. The molecule has 5 heteroatoms. The molecule has 0 aromatic carbocycles. The van der Waals surface area contributed by atoms with Crippen LogP contribution in [0.15, 0.2) is 0 Å². The monoisotopic (exact) mass is 216 g/mol. The van der Waals surface area contributed by atoms with Gasteiger partial charge in [0, 0.05) is 0 Å². The third-order valence-electron chi connectivity index (χ3n) is 3.94. The highest BCUT2D eigenvalue weighted by atomic mass is 16.4. The fourth-order valence-corrected chi connectivity index (χ4v) is 2.57. The van der Waals surface area contributed by atoms with E-state index in [1.54, 1.807) is 13.8 Å². The van der Waals surface area contributed by atoms with E-state index >= 15 is 0 Å². The number of hydrogen-bond acceptors (Lipinski definition) is 3. The summed E-state index contributed by atoms with van der Waals surface area (Å²) in [6.07, 6.45) is 0.512. The van der Waals surface area contributed by atoms with Crippen LogP contribution >= 0.6 is 0 Å². The maximum atomic E-state index is 11.2. The summed E-state index contributed by atoms with van der Waals surface area (Å²) in [5, 5.41) is 27.4. The molecule has 2 unspecified atom stereocenters. The van der Waals surface area contributed by atoms with Crippen molar-refractivity contribution in [1.82, 2.24) is 0 Å². The predicted molar refractivity (Wildman–Crippen MR) is 51.3 cm³/mol. The SMILES string of the molecule is CC1(C)C(C(=O)O)CCC1(CO)C(=O)O. The number of aliphatic hydroxyl groups is 1. The van der Waals surface area contributed by atoms with Crippen molar-refractivity contribution < 1.29 is 24.9 Å². The van der Waals surface area contributed by atoms with Gasteiger partial charge in [-0.2, -0.15) is 0 Å². The van der Waals surface area contributed by atoms with E-state index in [1.165, 1.54) is 0 Å². The Morgan fingerprint density at radius 1 is 1.33 bits per heavy atom. The molecule has 3 N–H and O–H groups in total. The van der Waals surface area contributed by atoms with E-state index in [0.29, 0.717) is 6.42 Å². The van der Waals surface area contributed by atoms with E-state index in [4.69, 9.17) is 10.2 Å². The van der Waals surface area contributed by atoms with Gasteiger partial charge in [-0.05, 0) is 18.3 Å². The lowest BCUT2D eigenvalue weighted by atomic mass is 9.65. The van der Waals surface area contributed by atoms with Crippen molar-refractivity contribution in [3.05, 3.63) is 0 Å². The summed E-state index contributed by atoms with van der Waals surface area (Å²) >= 11 is 0. The molecule has 0 saturated heterocycles. The van der Waals surface area contributed by atoms with Crippen LogP contribution in [-0.4, -0.2) is 33.9 Å². The van der Waals surface area contributed by atoms with E-state index in [9.17, 15) is 14.7 Å². The lowest BCUT2D eigenvalue weighted by Crippen LogP contribution is -2.47. The minimum absolute atomic E-state index is 0.211. The number of carboxylic acid groups (broad SMARTS) is 2. The normalized spacial score (nSPS) is 33.9. The fourth-order valence-electron chi connectivity index (χ4n) is 2.57. The van der Waals surface area contributed by atoms with Gasteiger partial charge in [-0.25, -0.2) is 0 Å². The first-order valence-corrected chi connectivity index (χ1v) is 4.86. The second-order valence-corrected chi connectivity index (χ2v) is 4.70. The van der Waals surface area contributed by atoms with Gasteiger partial charge >= 0.3 is 11.9 Å². The standard InChI is InChI=1S/C10H16O5/c1-9(2)6(7(12)13)3-4-10(9,5-11)8(14)15/h6,11H,3-5H2,1-2H3,(H,12,13)(H,14,15). The summed E-state index contributed by atoms with van der Waals surface area (Å²) in [5.74, 6) is -2.81. The first kappa shape index (κ1) is 12.0. The van der Waals surface area contributed by atoms with E-state index < -0.39 is 35.3 Å². The molecule has 0 bridgehead atoms. The Hall–Kier alpha value is -1.10. The molecule has 1 fully saturated rings. The summed E-state index contributed by atoms with van der Waals surface area (Å²) in [5.41, 5.74) is -2.25. The van der Waals surface area contributed by atoms with Crippen molar-refractivity contribution in [2.75, 3.05) is 6.61 Å². The van der Waals surface area contributed by atoms with Crippen LogP contribution in [0.2, 0.25) is 0 Å². The van der Waals surface area contributed by atoms with Gasteiger partial charge in [0.1, 0.15) is 0 Å². The van der Waals surface area contributed by atoms with E-state index in [-0.39, 0.29) is 6.42 Å². The molecule has 1 aliphatic rings. The highest BCUT2D eigenvalue weighted by Crippen LogP contribution is 2.56. The summed E-state index contributed by atoms with van der Waals surface area (Å²) in [4.78, 5) is 22.2. The van der Waals surface area contributed by atoms with Gasteiger partial charge in [-0.1, -0.05) is 13.8 Å². The third kappa shape index (κ3) is 1.42. The van der Waals surface area contributed by atoms with Gasteiger partial charge in [-0.15, -0.1) is 0 Å². The van der Waals surface area contributed by atoms with Crippen LogP contribution in [0.25, 0.3) is 0 Å². The van der Waals surface area contributed by atoms with Crippen LogP contribution in [0, 0.1) is 16.7 Å². The van der Waals surface area contributed by atoms with Gasteiger partial charge in [-0.3, -0.25) is 9.59 Å². The van der Waals surface area contributed by atoms with Gasteiger partial charge in [0.25, 0.3) is 0 Å². The Morgan fingerprint density at radius 3 is 2.07 bits per heavy atom. The highest BCUT2D eigenvalue weighted by molar-refractivity contribution is 5.80. The molecule has 0 aliphatic heterocycles. The molecule has 15 heavy (non-hydrogen) atoms. The number of aliphatic hydroxyl groups excluding tert-OH is 1. The van der Waals surface area contributed by atoms with Crippen LogP contribution in [0.4, 0.5) is 0 Å². The Kier molecular flexibility index (Phi) is 2.78. The first-order chi connectivity index (χ1) is 6.79. The van der Waals surface area contributed by atoms with Gasteiger partial charge in [0.2, 0.25) is 0 Å². The number of carbonyl (C=O) groups is 2. The Balaban J connectivity index is 3.15. The smallest absolute Gasteiger partial charge is 0.312 e. The van der Waals surface area contributed by atoms with E-state index in [0.717, 1.165) is 0 Å². The fraction of sp³-hybridized carbons (Fsp3) is 0.800. The van der Waals surface area contributed by atoms with Gasteiger partial charge < -0.3 is 15.3 Å². The van der Waals surface area contributed by atoms with Crippen LogP contribution in [0.3, 0.4) is 0 Å². The molecular weight excluding hydrogens is 200 g/mol. The van der Waals surface area contributed by atoms with Crippen molar-refractivity contribution in [3.8, 4) is 0 Å². The van der Waals surface area contributed by atoms with E-state index in [2.05, 4.69) is 0 Å². The zero-order chi connectivity index (χ0) is 11.9. The maximum Gasteiger partial charge on any atom is 0.312 e. The molecule has 1 rings (SSSR count). The van der Waals surface area contributed by atoms with E-state index in [1.807, 2.05) is 0 Å². The minimum Gasteiger partial charge on any atom is -0.481 e. The van der Waals surface area contributed by atoms with Crippen molar-refractivity contribution in [1.29, 1.82) is 0 Å². The van der Waals surface area contributed by atoms with Crippen molar-refractivity contribution >= 4 is 11.9 Å². The molecule has 1 aliphatic carbocycles. The molecule has 2 atom stereocenters. The molecule has 0 aromatic rings. The van der Waals surface area contributed by atoms with Crippen LogP contribution in [0.1, 0.15) is 26.7 Å². The minimum atomic E-state index is -1.32. The van der Waals surface area contributed by atoms with Crippen LogP contribution in [-0.2, 0) is 9.59 Å². The highest BCUT2D eigenvalue weighted by Gasteiger charge is 2.61. The molecule has 0 amide bonds. The lowest BCUT2D eigenvalue weighted by Gasteiger charge is -2.38. The molecule has 0 heterocycles. The lowest BCUT2D eigenvalue weighted by molar-refractivity contribution is -0.163.